The van der Waals surface area contributed by atoms with Gasteiger partial charge in [0, 0.05) is 36.8 Å². The Morgan fingerprint density at radius 3 is 2.24 bits per heavy atom. The minimum atomic E-state index is -2.83. The molecule has 19 heteroatoms. The smallest absolute Gasteiger partial charge is 0.335 e. The van der Waals surface area contributed by atoms with Gasteiger partial charge in [-0.25, -0.2) is 4.79 Å². The number of primary amides is 1. The highest BCUT2D eigenvalue weighted by molar-refractivity contribution is 6.22. The van der Waals surface area contributed by atoms with Gasteiger partial charge in [-0.05, 0) is 65.3 Å². The van der Waals surface area contributed by atoms with E-state index in [1.807, 2.05) is 20.8 Å². The number of carbonyl (C=O) groups is 5. The first-order valence-corrected chi connectivity index (χ1v) is 17.6. The number of allylic oxidation sites excluding steroid dienone is 1. The lowest BCUT2D eigenvalue weighted by molar-refractivity contribution is -0.236. The summed E-state index contributed by atoms with van der Waals surface area (Å²) in [6.07, 6.45) is -9.94. The molecular weight excluding hydrogens is 726 g/mol. The number of hydrogen-bond acceptors (Lipinski definition) is 16. The Morgan fingerprint density at radius 2 is 1.69 bits per heavy atom. The van der Waals surface area contributed by atoms with Crippen molar-refractivity contribution in [3.63, 3.8) is 0 Å². The van der Waals surface area contributed by atoms with Crippen molar-refractivity contribution in [2.45, 2.75) is 81.3 Å². The fourth-order valence-electron chi connectivity index (χ4n) is 7.95. The number of aromatic hydroxyl groups is 1. The van der Waals surface area contributed by atoms with E-state index < -0.39 is 118 Å². The molecule has 1 heterocycles. The number of ketones is 2. The van der Waals surface area contributed by atoms with Crippen LogP contribution in [0, 0.1) is 11.8 Å². The number of aliphatic hydroxyl groups excluding tert-OH is 4. The fraction of sp³-hybridized carbons (Fsp3) is 0.583. The van der Waals surface area contributed by atoms with Gasteiger partial charge < -0.3 is 66.5 Å². The Balaban J connectivity index is 1.72. The molecule has 0 radical (unpaired) electrons. The van der Waals surface area contributed by atoms with E-state index in [0.29, 0.717) is 11.3 Å². The van der Waals surface area contributed by atoms with Gasteiger partial charge in [-0.1, -0.05) is 0 Å². The number of aliphatic carboxylic acids is 1. The third kappa shape index (κ3) is 7.16. The van der Waals surface area contributed by atoms with Crippen molar-refractivity contribution in [1.29, 1.82) is 0 Å². The van der Waals surface area contributed by atoms with Crippen LogP contribution in [0.4, 0.5) is 11.4 Å². The topological polar surface area (TPSA) is 302 Å². The molecule has 0 spiro atoms. The molecule has 5 rings (SSSR count). The van der Waals surface area contributed by atoms with E-state index in [1.165, 1.54) is 25.1 Å². The molecule has 19 nitrogen and oxygen atoms in total. The van der Waals surface area contributed by atoms with Crippen LogP contribution in [0.15, 0.2) is 28.7 Å². The van der Waals surface area contributed by atoms with Crippen molar-refractivity contribution in [2.75, 3.05) is 51.6 Å². The molecule has 0 aromatic heterocycles. The van der Waals surface area contributed by atoms with E-state index in [0.717, 1.165) is 0 Å². The van der Waals surface area contributed by atoms with Crippen LogP contribution in [0.2, 0.25) is 0 Å². The quantitative estimate of drug-likeness (QED) is 0.0900. The first kappa shape index (κ1) is 41.5. The minimum absolute atomic E-state index is 0.00718. The monoisotopic (exact) mass is 775 g/mol. The van der Waals surface area contributed by atoms with Crippen molar-refractivity contribution >= 4 is 40.7 Å². The molecule has 9 atom stereocenters. The van der Waals surface area contributed by atoms with Crippen LogP contribution in [0.3, 0.4) is 0 Å². The molecule has 0 unspecified atom stereocenters. The van der Waals surface area contributed by atoms with E-state index in [2.05, 4.69) is 10.6 Å². The molecule has 1 saturated heterocycles. The highest BCUT2D eigenvalue weighted by atomic mass is 16.6. The van der Waals surface area contributed by atoms with Crippen LogP contribution >= 0.6 is 0 Å². The van der Waals surface area contributed by atoms with Crippen molar-refractivity contribution in [3.8, 4) is 5.75 Å². The van der Waals surface area contributed by atoms with E-state index in [9.17, 15) is 59.7 Å². The molecule has 55 heavy (non-hydrogen) atoms. The normalized spacial score (nSPS) is 30.8. The first-order chi connectivity index (χ1) is 25.4. The highest BCUT2D eigenvalue weighted by Crippen LogP contribution is 2.55. The van der Waals surface area contributed by atoms with Gasteiger partial charge in [-0.2, -0.15) is 0 Å². The number of hydrogen-bond donors (Lipinski definition) is 10. The summed E-state index contributed by atoms with van der Waals surface area (Å²) < 4.78 is 11.4. The van der Waals surface area contributed by atoms with Gasteiger partial charge in [-0.15, -0.1) is 0 Å². The number of likely N-dealkylation sites (N-methyl/N-ethyl adjacent to an activating group) is 1. The number of benzene rings is 1. The Labute approximate surface area is 316 Å². The summed E-state index contributed by atoms with van der Waals surface area (Å²) in [6, 6.07) is 0.189. The Hall–Kier alpha value is -4.63. The molecule has 1 fully saturated rings. The highest BCUT2D eigenvalue weighted by Gasteiger charge is 2.63. The second-order valence-electron chi connectivity index (χ2n) is 15.8. The summed E-state index contributed by atoms with van der Waals surface area (Å²) in [5, 5.41) is 82.6. The van der Waals surface area contributed by atoms with Crippen LogP contribution in [0.5, 0.6) is 5.75 Å². The molecule has 4 aliphatic rings. The van der Waals surface area contributed by atoms with E-state index in [4.69, 9.17) is 15.2 Å². The van der Waals surface area contributed by atoms with Crippen LogP contribution in [0.25, 0.3) is 0 Å². The van der Waals surface area contributed by atoms with Gasteiger partial charge in [0.05, 0.1) is 23.8 Å². The number of rotatable bonds is 10. The number of nitrogens with one attached hydrogen (secondary N) is 2. The summed E-state index contributed by atoms with van der Waals surface area (Å²) in [6.45, 7) is 4.51. The van der Waals surface area contributed by atoms with E-state index in [-0.39, 0.29) is 36.2 Å². The fourth-order valence-corrected chi connectivity index (χ4v) is 7.95. The first-order valence-electron chi connectivity index (χ1n) is 17.6. The number of amides is 2. The minimum Gasteiger partial charge on any atom is -0.508 e. The van der Waals surface area contributed by atoms with Gasteiger partial charge in [0.25, 0.3) is 5.91 Å². The van der Waals surface area contributed by atoms with Crippen molar-refractivity contribution < 1.29 is 69.2 Å². The predicted octanol–water partition coefficient (Wildman–Crippen LogP) is -2.09. The summed E-state index contributed by atoms with van der Waals surface area (Å²) in [5.74, 6) is -10.2. The van der Waals surface area contributed by atoms with Gasteiger partial charge >= 0.3 is 5.97 Å². The summed E-state index contributed by atoms with van der Waals surface area (Å²) in [5.41, 5.74) is 1.39. The lowest BCUT2D eigenvalue weighted by Crippen LogP contribution is -2.63. The number of nitrogens with zero attached hydrogens (tertiary/aromatic N) is 2. The zero-order valence-electron chi connectivity index (χ0n) is 31.5. The number of aliphatic hydroxyl groups is 5. The van der Waals surface area contributed by atoms with Crippen LogP contribution in [0.1, 0.15) is 43.1 Å². The van der Waals surface area contributed by atoms with Gasteiger partial charge in [0.2, 0.25) is 5.91 Å². The Morgan fingerprint density at radius 1 is 1.05 bits per heavy atom. The largest absolute Gasteiger partial charge is 0.508 e. The lowest BCUT2D eigenvalue weighted by atomic mass is 9.59. The average molecular weight is 776 g/mol. The zero-order valence-corrected chi connectivity index (χ0v) is 31.5. The SMILES string of the molecule is CN(C)c1cc(NC(=O)CNC(C)(C)C)c(O)c2c1C[C@H]1C[C@H]3[C@@H](N(C)C)C(=O)C(C(N)=O)=C(O)[C@@]3(O)C(OC[C@@H]3O[C@H](C(=O)O)[C@@H](O)[C@H](O)[C@H]3O)=C1C2=O. The summed E-state index contributed by atoms with van der Waals surface area (Å²) in [7, 11) is 6.35. The number of phenols is 1. The van der Waals surface area contributed by atoms with E-state index in [1.54, 1.807) is 19.0 Å². The number of carboxylic acids is 1. The van der Waals surface area contributed by atoms with Crippen molar-refractivity contribution in [3.05, 3.63) is 39.9 Å². The third-order valence-corrected chi connectivity index (χ3v) is 10.6. The number of phenolic OH excluding ortho intramolecular Hbond substituents is 1. The third-order valence-electron chi connectivity index (χ3n) is 10.6. The number of carbonyl (C=O) groups excluding carboxylic acids is 4. The zero-order chi connectivity index (χ0) is 41.2. The molecule has 2 amide bonds. The maximum atomic E-state index is 14.9. The Bertz CT molecular complexity index is 1870. The Kier molecular flexibility index (Phi) is 11.2. The summed E-state index contributed by atoms with van der Waals surface area (Å²) >= 11 is 0. The molecule has 0 bridgehead atoms. The van der Waals surface area contributed by atoms with Gasteiger partial charge in [0.15, 0.2) is 29.0 Å². The molecule has 1 aromatic carbocycles. The van der Waals surface area contributed by atoms with E-state index >= 15 is 0 Å². The molecular formula is C36H49N5O14. The standard InChI is InChI=1S/C36H49N5O14/c1-35(2,3)38-11-19(42)39-16-10-17(40(4)5)14-8-13-9-15-23(41(6)7)27(46)22(33(37)50)31(49)36(15,53)32(20(13)26(45)21(14)24(16)43)54-12-18-25(44)28(47)29(48)30(55-18)34(51)52/h10,13,15,18,23,25,28-30,38,43-44,47-49,53H,8-9,11-12H2,1-7H3,(H2,37,50)(H,39,42)(H,51,52)/t13-,15-,18-,23+,25-,28+,29-,30-,36+/m0/s1. The van der Waals surface area contributed by atoms with Crippen molar-refractivity contribution in [1.82, 2.24) is 10.2 Å². The average Bonchev–Trinajstić information content (AvgIpc) is 3.07. The van der Waals surface area contributed by atoms with Crippen LogP contribution < -0.4 is 21.3 Å². The number of fused-ring (bicyclic) bond motifs is 3. The second kappa shape index (κ2) is 14.8. The molecule has 3 aliphatic carbocycles. The molecule has 0 saturated carbocycles. The molecule has 1 aliphatic heterocycles. The number of Topliss-reactive ketones (excluding diaryl/α,β-unsaturated/α-hetero) is 2. The lowest BCUT2D eigenvalue weighted by Gasteiger charge is -2.51. The van der Waals surface area contributed by atoms with Crippen LogP contribution in [-0.2, 0) is 35.1 Å². The summed E-state index contributed by atoms with van der Waals surface area (Å²) in [4.78, 5) is 69.1. The molecule has 11 N–H and O–H groups in total. The molecule has 302 valence electrons. The number of carboxylic acid groups (broad SMARTS) is 1. The second-order valence-corrected chi connectivity index (χ2v) is 15.8. The molecule has 1 aromatic rings. The van der Waals surface area contributed by atoms with Gasteiger partial charge in [-0.3, -0.25) is 24.1 Å². The number of nitrogens with two attached hydrogens (primary N) is 1. The van der Waals surface area contributed by atoms with Crippen LogP contribution in [-0.4, -0.2) is 159 Å². The number of ether oxygens (including phenoxy) is 2. The van der Waals surface area contributed by atoms with Gasteiger partial charge in [0.1, 0.15) is 48.1 Å². The number of anilines is 2. The predicted molar refractivity (Wildman–Crippen MR) is 192 cm³/mol. The maximum Gasteiger partial charge on any atom is 0.335 e. The van der Waals surface area contributed by atoms with Crippen molar-refractivity contribution in [2.24, 2.45) is 17.6 Å². The maximum absolute atomic E-state index is 14.9.